The maximum Gasteiger partial charge on any atom is 0.0883 e. The topological polar surface area (TPSA) is 29.5 Å². The van der Waals surface area contributed by atoms with Gasteiger partial charge in [-0.05, 0) is 38.5 Å². The largest absolute Gasteiger partial charge is 0.390 e. The fourth-order valence-corrected chi connectivity index (χ4v) is 2.29. The molecular weight excluding hydrogens is 176 g/mol. The van der Waals surface area contributed by atoms with E-state index in [1.807, 2.05) is 13.8 Å². The van der Waals surface area contributed by atoms with E-state index in [-0.39, 0.29) is 6.10 Å². The average Bonchev–Trinajstić information content (AvgIpc) is 2.18. The van der Waals surface area contributed by atoms with Gasteiger partial charge in [-0.1, -0.05) is 19.8 Å². The van der Waals surface area contributed by atoms with Crippen molar-refractivity contribution in [1.29, 1.82) is 0 Å². The fourth-order valence-electron chi connectivity index (χ4n) is 2.29. The van der Waals surface area contributed by atoms with Crippen LogP contribution in [0.2, 0.25) is 0 Å². The van der Waals surface area contributed by atoms with Crippen molar-refractivity contribution < 1.29 is 9.84 Å². The van der Waals surface area contributed by atoms with Gasteiger partial charge in [0.05, 0.1) is 11.7 Å². The Bertz CT molecular complexity index is 169. The van der Waals surface area contributed by atoms with E-state index >= 15 is 0 Å². The van der Waals surface area contributed by atoms with Gasteiger partial charge in [-0.25, -0.2) is 0 Å². The van der Waals surface area contributed by atoms with Crippen LogP contribution in [0.15, 0.2) is 0 Å². The SMILES string of the molecule is COC(C)(C)C(O)C1CCC(C)CC1. The fraction of sp³-hybridized carbons (Fsp3) is 1.00. The summed E-state index contributed by atoms with van der Waals surface area (Å²) in [7, 11) is 1.68. The number of ether oxygens (including phenoxy) is 1. The van der Waals surface area contributed by atoms with Gasteiger partial charge in [0.1, 0.15) is 0 Å². The van der Waals surface area contributed by atoms with Crippen LogP contribution in [0.25, 0.3) is 0 Å². The predicted octanol–water partition coefficient (Wildman–Crippen LogP) is 2.60. The van der Waals surface area contributed by atoms with Gasteiger partial charge in [0, 0.05) is 7.11 Å². The van der Waals surface area contributed by atoms with Crippen molar-refractivity contribution in [2.24, 2.45) is 11.8 Å². The number of aliphatic hydroxyl groups excluding tert-OH is 1. The van der Waals surface area contributed by atoms with Crippen molar-refractivity contribution in [2.45, 2.75) is 58.2 Å². The molecule has 0 aromatic heterocycles. The molecule has 0 aromatic rings. The molecule has 14 heavy (non-hydrogen) atoms. The highest BCUT2D eigenvalue weighted by atomic mass is 16.5. The second kappa shape index (κ2) is 4.63. The molecule has 0 heterocycles. The van der Waals surface area contributed by atoms with Gasteiger partial charge in [-0.2, -0.15) is 0 Å². The minimum absolute atomic E-state index is 0.319. The smallest absolute Gasteiger partial charge is 0.0883 e. The first-order valence-electron chi connectivity index (χ1n) is 5.70. The van der Waals surface area contributed by atoms with E-state index in [1.165, 1.54) is 12.8 Å². The van der Waals surface area contributed by atoms with Crippen LogP contribution in [-0.2, 0) is 4.74 Å². The summed E-state index contributed by atoms with van der Waals surface area (Å²) < 4.78 is 5.33. The summed E-state index contributed by atoms with van der Waals surface area (Å²) in [4.78, 5) is 0. The van der Waals surface area contributed by atoms with E-state index < -0.39 is 5.60 Å². The number of rotatable bonds is 3. The van der Waals surface area contributed by atoms with E-state index in [2.05, 4.69) is 6.92 Å². The number of methoxy groups -OCH3 is 1. The molecule has 2 nitrogen and oxygen atoms in total. The summed E-state index contributed by atoms with van der Waals surface area (Å²) >= 11 is 0. The van der Waals surface area contributed by atoms with E-state index in [1.54, 1.807) is 7.11 Å². The molecule has 1 aliphatic carbocycles. The van der Waals surface area contributed by atoms with E-state index in [4.69, 9.17) is 4.74 Å². The van der Waals surface area contributed by atoms with Gasteiger partial charge < -0.3 is 9.84 Å². The summed E-state index contributed by atoms with van der Waals surface area (Å²) in [5.41, 5.74) is -0.398. The molecular formula is C12H24O2. The van der Waals surface area contributed by atoms with Crippen LogP contribution >= 0.6 is 0 Å². The van der Waals surface area contributed by atoms with Crippen LogP contribution in [0.5, 0.6) is 0 Å². The standard InChI is InChI=1S/C12H24O2/c1-9-5-7-10(8-6-9)11(13)12(2,3)14-4/h9-11,13H,5-8H2,1-4H3. The quantitative estimate of drug-likeness (QED) is 0.759. The van der Waals surface area contributed by atoms with Crippen molar-refractivity contribution >= 4 is 0 Å². The van der Waals surface area contributed by atoms with Crippen LogP contribution in [0, 0.1) is 11.8 Å². The molecule has 0 spiro atoms. The molecule has 1 aliphatic rings. The molecule has 84 valence electrons. The van der Waals surface area contributed by atoms with E-state index in [0.717, 1.165) is 18.8 Å². The molecule has 1 N–H and O–H groups in total. The maximum absolute atomic E-state index is 10.2. The molecule has 0 bridgehead atoms. The van der Waals surface area contributed by atoms with Gasteiger partial charge in [0.15, 0.2) is 0 Å². The lowest BCUT2D eigenvalue weighted by Crippen LogP contribution is -2.44. The highest BCUT2D eigenvalue weighted by Crippen LogP contribution is 2.34. The third-order valence-electron chi connectivity index (χ3n) is 3.75. The highest BCUT2D eigenvalue weighted by Gasteiger charge is 2.35. The molecule has 0 radical (unpaired) electrons. The Morgan fingerprint density at radius 2 is 1.71 bits per heavy atom. The molecule has 1 atom stereocenters. The first kappa shape index (κ1) is 12.0. The summed E-state index contributed by atoms with van der Waals surface area (Å²) in [6.07, 6.45) is 4.48. The number of hydrogen-bond acceptors (Lipinski definition) is 2. The zero-order chi connectivity index (χ0) is 10.8. The maximum atomic E-state index is 10.2. The summed E-state index contributed by atoms with van der Waals surface area (Å²) in [6, 6.07) is 0. The molecule has 1 unspecified atom stereocenters. The minimum atomic E-state index is -0.398. The first-order chi connectivity index (χ1) is 6.47. The van der Waals surface area contributed by atoms with Crippen LogP contribution in [0.1, 0.15) is 46.5 Å². The van der Waals surface area contributed by atoms with E-state index in [0.29, 0.717) is 5.92 Å². The van der Waals surface area contributed by atoms with Crippen LogP contribution < -0.4 is 0 Å². The Balaban J connectivity index is 2.49. The first-order valence-corrected chi connectivity index (χ1v) is 5.70. The Labute approximate surface area is 87.7 Å². The van der Waals surface area contributed by atoms with Crippen molar-refractivity contribution in [2.75, 3.05) is 7.11 Å². The molecule has 1 fully saturated rings. The van der Waals surface area contributed by atoms with Crippen molar-refractivity contribution in [1.82, 2.24) is 0 Å². The summed E-state index contributed by atoms with van der Waals surface area (Å²) in [5.74, 6) is 1.27. The molecule has 1 saturated carbocycles. The Morgan fingerprint density at radius 1 is 1.21 bits per heavy atom. The third-order valence-corrected chi connectivity index (χ3v) is 3.75. The van der Waals surface area contributed by atoms with Gasteiger partial charge in [-0.15, -0.1) is 0 Å². The van der Waals surface area contributed by atoms with Crippen molar-refractivity contribution in [3.63, 3.8) is 0 Å². The van der Waals surface area contributed by atoms with Crippen LogP contribution in [0.4, 0.5) is 0 Å². The number of aliphatic hydroxyl groups is 1. The molecule has 2 heteroatoms. The van der Waals surface area contributed by atoms with Gasteiger partial charge in [0.25, 0.3) is 0 Å². The summed E-state index contributed by atoms with van der Waals surface area (Å²) in [6.45, 7) is 6.23. The lowest BCUT2D eigenvalue weighted by Gasteiger charge is -2.37. The molecule has 0 amide bonds. The normalized spacial score (nSPS) is 31.5. The summed E-state index contributed by atoms with van der Waals surface area (Å²) in [5, 5.41) is 10.2. The predicted molar refractivity (Wildman–Crippen MR) is 58.2 cm³/mol. The van der Waals surface area contributed by atoms with Gasteiger partial charge >= 0.3 is 0 Å². The van der Waals surface area contributed by atoms with E-state index in [9.17, 15) is 5.11 Å². The average molecular weight is 200 g/mol. The zero-order valence-electron chi connectivity index (χ0n) is 9.92. The third kappa shape index (κ3) is 2.71. The van der Waals surface area contributed by atoms with Crippen LogP contribution in [-0.4, -0.2) is 23.9 Å². The Morgan fingerprint density at radius 3 is 2.14 bits per heavy atom. The van der Waals surface area contributed by atoms with Crippen molar-refractivity contribution in [3.05, 3.63) is 0 Å². The highest BCUT2D eigenvalue weighted by molar-refractivity contribution is 4.86. The lowest BCUT2D eigenvalue weighted by molar-refractivity contribution is -0.108. The lowest BCUT2D eigenvalue weighted by atomic mass is 9.76. The van der Waals surface area contributed by atoms with Gasteiger partial charge in [0.2, 0.25) is 0 Å². The molecule has 1 rings (SSSR count). The number of hydrogen-bond donors (Lipinski definition) is 1. The second-order valence-electron chi connectivity index (χ2n) is 5.27. The van der Waals surface area contributed by atoms with Crippen LogP contribution in [0.3, 0.4) is 0 Å². The molecule has 0 aromatic carbocycles. The monoisotopic (exact) mass is 200 g/mol. The zero-order valence-corrected chi connectivity index (χ0v) is 9.92. The molecule has 0 saturated heterocycles. The Kier molecular flexibility index (Phi) is 3.96. The molecule has 0 aliphatic heterocycles. The Hall–Kier alpha value is -0.0800. The van der Waals surface area contributed by atoms with Crippen molar-refractivity contribution in [3.8, 4) is 0 Å². The van der Waals surface area contributed by atoms with Gasteiger partial charge in [-0.3, -0.25) is 0 Å². The second-order valence-corrected chi connectivity index (χ2v) is 5.27. The minimum Gasteiger partial charge on any atom is -0.390 e.